The van der Waals surface area contributed by atoms with Crippen LogP contribution in [0.2, 0.25) is 0 Å². The van der Waals surface area contributed by atoms with E-state index in [1.807, 2.05) is 6.92 Å². The zero-order valence-corrected chi connectivity index (χ0v) is 17.0. The van der Waals surface area contributed by atoms with Crippen molar-refractivity contribution < 1.29 is 23.0 Å². The number of carbonyl (C=O) groups excluding carboxylic acids is 1. The van der Waals surface area contributed by atoms with E-state index in [0.717, 1.165) is 5.56 Å². The minimum absolute atomic E-state index is 0.0952. The molecule has 0 saturated carbocycles. The molecular formula is C24H22F2N2O3. The van der Waals surface area contributed by atoms with Crippen LogP contribution in [-0.2, 0) is 17.8 Å². The van der Waals surface area contributed by atoms with Gasteiger partial charge in [0, 0.05) is 0 Å². The number of hydrazone groups is 1. The van der Waals surface area contributed by atoms with E-state index in [2.05, 4.69) is 10.5 Å². The van der Waals surface area contributed by atoms with Gasteiger partial charge < -0.3 is 9.47 Å². The van der Waals surface area contributed by atoms with Gasteiger partial charge in [-0.3, -0.25) is 4.79 Å². The normalized spacial score (nSPS) is 10.8. The minimum Gasteiger partial charge on any atom is -0.490 e. The molecule has 0 saturated heterocycles. The van der Waals surface area contributed by atoms with E-state index in [9.17, 15) is 13.6 Å². The molecule has 3 rings (SSSR count). The molecule has 0 aromatic heterocycles. The average Bonchev–Trinajstić information content (AvgIpc) is 2.76. The molecule has 3 aromatic carbocycles. The minimum atomic E-state index is -0.350. The molecule has 0 bridgehead atoms. The quantitative estimate of drug-likeness (QED) is 0.402. The fraction of sp³-hybridized carbons (Fsp3) is 0.167. The highest BCUT2D eigenvalue weighted by atomic mass is 19.1. The maximum Gasteiger partial charge on any atom is 0.244 e. The largest absolute Gasteiger partial charge is 0.490 e. The second kappa shape index (κ2) is 10.9. The number of halogens is 2. The molecule has 3 aromatic rings. The van der Waals surface area contributed by atoms with Gasteiger partial charge in [-0.2, -0.15) is 5.10 Å². The lowest BCUT2D eigenvalue weighted by atomic mass is 10.1. The Morgan fingerprint density at radius 2 is 1.55 bits per heavy atom. The molecule has 1 amide bonds. The predicted octanol–water partition coefficient (Wildman–Crippen LogP) is 4.64. The van der Waals surface area contributed by atoms with Gasteiger partial charge in [0.05, 0.1) is 19.2 Å². The number of carbonyl (C=O) groups is 1. The van der Waals surface area contributed by atoms with Crippen LogP contribution in [0.3, 0.4) is 0 Å². The summed E-state index contributed by atoms with van der Waals surface area (Å²) in [6.45, 7) is 2.58. The molecule has 0 fully saturated rings. The topological polar surface area (TPSA) is 59.9 Å². The fourth-order valence-electron chi connectivity index (χ4n) is 2.74. The number of rotatable bonds is 9. The van der Waals surface area contributed by atoms with Gasteiger partial charge in [0.15, 0.2) is 11.5 Å². The molecule has 0 unspecified atom stereocenters. The van der Waals surface area contributed by atoms with E-state index in [1.165, 1.54) is 30.5 Å². The Labute approximate surface area is 179 Å². The molecule has 0 aliphatic carbocycles. The summed E-state index contributed by atoms with van der Waals surface area (Å²) in [7, 11) is 0. The Kier molecular flexibility index (Phi) is 7.70. The van der Waals surface area contributed by atoms with Crippen LogP contribution < -0.4 is 14.9 Å². The summed E-state index contributed by atoms with van der Waals surface area (Å²) in [5.41, 5.74) is 4.68. The van der Waals surface area contributed by atoms with Crippen LogP contribution in [0.4, 0.5) is 8.78 Å². The second-order valence-corrected chi connectivity index (χ2v) is 6.65. The van der Waals surface area contributed by atoms with Crippen molar-refractivity contribution in [1.82, 2.24) is 5.43 Å². The van der Waals surface area contributed by atoms with Gasteiger partial charge in [-0.1, -0.05) is 24.3 Å². The summed E-state index contributed by atoms with van der Waals surface area (Å²) in [4.78, 5) is 12.0. The van der Waals surface area contributed by atoms with Crippen LogP contribution in [0.1, 0.15) is 23.6 Å². The van der Waals surface area contributed by atoms with Crippen molar-refractivity contribution in [2.45, 2.75) is 20.0 Å². The summed E-state index contributed by atoms with van der Waals surface area (Å²) in [5.74, 6) is 0.117. The van der Waals surface area contributed by atoms with E-state index >= 15 is 0 Å². The average molecular weight is 424 g/mol. The Balaban J connectivity index is 1.59. The van der Waals surface area contributed by atoms with Gasteiger partial charge >= 0.3 is 0 Å². The lowest BCUT2D eigenvalue weighted by Crippen LogP contribution is -2.19. The first-order valence-electron chi connectivity index (χ1n) is 9.74. The lowest BCUT2D eigenvalue weighted by Gasteiger charge is -2.12. The first-order chi connectivity index (χ1) is 15.0. The lowest BCUT2D eigenvalue weighted by molar-refractivity contribution is -0.120. The van der Waals surface area contributed by atoms with E-state index in [4.69, 9.17) is 9.47 Å². The molecule has 0 atom stereocenters. The Bertz CT molecular complexity index is 1040. The molecule has 0 aliphatic heterocycles. The van der Waals surface area contributed by atoms with Crippen molar-refractivity contribution in [2.75, 3.05) is 6.61 Å². The highest BCUT2D eigenvalue weighted by Gasteiger charge is 2.07. The Hall–Kier alpha value is -3.74. The van der Waals surface area contributed by atoms with E-state index in [1.54, 1.807) is 42.5 Å². The van der Waals surface area contributed by atoms with E-state index in [-0.39, 0.29) is 30.6 Å². The Morgan fingerprint density at radius 1 is 0.903 bits per heavy atom. The van der Waals surface area contributed by atoms with Crippen molar-refractivity contribution in [3.63, 3.8) is 0 Å². The number of ether oxygens (including phenoxy) is 2. The SMILES string of the molecule is CCOc1cc(/C=N/NC(=O)Cc2ccc(F)cc2)ccc1OCc1ccc(F)cc1. The summed E-state index contributed by atoms with van der Waals surface area (Å²) in [5, 5.41) is 3.96. The number of nitrogens with one attached hydrogen (secondary N) is 1. The van der Waals surface area contributed by atoms with Gasteiger partial charge in [0.25, 0.3) is 0 Å². The smallest absolute Gasteiger partial charge is 0.244 e. The summed E-state index contributed by atoms with van der Waals surface area (Å²) in [6.07, 6.45) is 1.59. The number of hydrogen-bond acceptors (Lipinski definition) is 4. The second-order valence-electron chi connectivity index (χ2n) is 6.65. The molecule has 31 heavy (non-hydrogen) atoms. The molecule has 0 radical (unpaired) electrons. The van der Waals surface area contributed by atoms with Crippen molar-refractivity contribution >= 4 is 12.1 Å². The number of benzene rings is 3. The van der Waals surface area contributed by atoms with Gasteiger partial charge in [-0.25, -0.2) is 14.2 Å². The number of nitrogens with zero attached hydrogens (tertiary/aromatic N) is 1. The molecule has 160 valence electrons. The molecule has 0 heterocycles. The van der Waals surface area contributed by atoms with Crippen molar-refractivity contribution in [3.8, 4) is 11.5 Å². The number of hydrogen-bond donors (Lipinski definition) is 1. The Morgan fingerprint density at radius 3 is 2.19 bits per heavy atom. The number of amides is 1. The van der Waals surface area contributed by atoms with Gasteiger partial charge in [0.2, 0.25) is 5.91 Å². The van der Waals surface area contributed by atoms with E-state index < -0.39 is 0 Å². The van der Waals surface area contributed by atoms with Crippen molar-refractivity contribution in [1.29, 1.82) is 0 Å². The molecule has 0 spiro atoms. The molecule has 1 N–H and O–H groups in total. The van der Waals surface area contributed by atoms with Crippen LogP contribution in [0.25, 0.3) is 0 Å². The molecular weight excluding hydrogens is 402 g/mol. The van der Waals surface area contributed by atoms with Crippen LogP contribution in [-0.4, -0.2) is 18.7 Å². The summed E-state index contributed by atoms with van der Waals surface area (Å²) in [6, 6.07) is 17.1. The summed E-state index contributed by atoms with van der Waals surface area (Å²) < 4.78 is 37.4. The fourth-order valence-corrected chi connectivity index (χ4v) is 2.74. The third-order valence-corrected chi connectivity index (χ3v) is 4.26. The molecule has 0 aliphatic rings. The maximum atomic E-state index is 13.0. The zero-order valence-electron chi connectivity index (χ0n) is 17.0. The van der Waals surface area contributed by atoms with Gasteiger partial charge in [-0.15, -0.1) is 0 Å². The first-order valence-corrected chi connectivity index (χ1v) is 9.74. The third-order valence-electron chi connectivity index (χ3n) is 4.26. The van der Waals surface area contributed by atoms with Crippen LogP contribution in [0.5, 0.6) is 11.5 Å². The highest BCUT2D eigenvalue weighted by Crippen LogP contribution is 2.29. The maximum absolute atomic E-state index is 13.0. The highest BCUT2D eigenvalue weighted by molar-refractivity contribution is 5.84. The first kappa shape index (κ1) is 22.0. The molecule has 5 nitrogen and oxygen atoms in total. The summed E-state index contributed by atoms with van der Waals surface area (Å²) >= 11 is 0. The molecule has 7 heteroatoms. The van der Waals surface area contributed by atoms with Crippen LogP contribution in [0.15, 0.2) is 71.8 Å². The van der Waals surface area contributed by atoms with E-state index in [0.29, 0.717) is 29.2 Å². The van der Waals surface area contributed by atoms with Crippen LogP contribution in [0, 0.1) is 11.6 Å². The van der Waals surface area contributed by atoms with Gasteiger partial charge in [0.1, 0.15) is 18.2 Å². The van der Waals surface area contributed by atoms with Crippen LogP contribution >= 0.6 is 0 Å². The predicted molar refractivity (Wildman–Crippen MR) is 114 cm³/mol. The monoisotopic (exact) mass is 424 g/mol. The van der Waals surface area contributed by atoms with Crippen molar-refractivity contribution in [2.24, 2.45) is 5.10 Å². The van der Waals surface area contributed by atoms with Crippen molar-refractivity contribution in [3.05, 3.63) is 95.1 Å². The zero-order chi connectivity index (χ0) is 22.1. The third kappa shape index (κ3) is 6.92. The van der Waals surface area contributed by atoms with Gasteiger partial charge in [-0.05, 0) is 66.1 Å². The standard InChI is InChI=1S/C24H22F2N2O3/c1-2-30-23-13-19(7-12-22(23)31-16-18-5-10-21(26)11-6-18)15-27-28-24(29)14-17-3-8-20(25)9-4-17/h3-13,15H,2,14,16H2,1H3,(H,28,29)/b27-15+.